The molecule has 82 valence electrons. The first kappa shape index (κ1) is 13.1. The van der Waals surface area contributed by atoms with E-state index in [1.807, 2.05) is 0 Å². The summed E-state index contributed by atoms with van der Waals surface area (Å²) in [7, 11) is 0. The fraction of sp³-hybridized carbons (Fsp3) is 0.636. The molecule has 0 heterocycles. The van der Waals surface area contributed by atoms with Crippen molar-refractivity contribution >= 4 is 5.97 Å². The minimum atomic E-state index is -1.01. The first-order valence-electron chi connectivity index (χ1n) is 5.03. The Morgan fingerprint density at radius 2 is 2.07 bits per heavy atom. The minimum absolute atomic E-state index is 0. The predicted octanol–water partition coefficient (Wildman–Crippen LogP) is 2.80. The normalized spacial score (nSPS) is 16.6. The summed E-state index contributed by atoms with van der Waals surface area (Å²) in [5, 5.41) is 0. The molecule has 0 aliphatic heterocycles. The van der Waals surface area contributed by atoms with E-state index in [2.05, 4.69) is 17.7 Å². The largest absolute Gasteiger partial charge is 0.460 e. The van der Waals surface area contributed by atoms with Crippen LogP contribution in [0.5, 0.6) is 0 Å². The van der Waals surface area contributed by atoms with Crippen molar-refractivity contribution in [1.29, 1.82) is 0 Å². The Morgan fingerprint density at radius 3 is 2.60 bits per heavy atom. The van der Waals surface area contributed by atoms with E-state index in [0.717, 1.165) is 32.1 Å². The SMILES string of the molecule is C=C(F)C(=O)OCCC1CC[CH-]CC1.[Rf]. The third-order valence-corrected chi connectivity index (χ3v) is 2.54. The molecule has 0 spiro atoms. The Morgan fingerprint density at radius 1 is 1.47 bits per heavy atom. The van der Waals surface area contributed by atoms with Crippen LogP contribution in [0.25, 0.3) is 0 Å². The molecule has 1 aliphatic carbocycles. The van der Waals surface area contributed by atoms with E-state index in [0.29, 0.717) is 12.5 Å². The Kier molecular flexibility index (Phi) is 5.76. The average molecular weight is 466 g/mol. The van der Waals surface area contributed by atoms with Gasteiger partial charge in [-0.1, -0.05) is 19.4 Å². The number of hydrogen-bond donors (Lipinski definition) is 0. The van der Waals surface area contributed by atoms with Gasteiger partial charge in [0.2, 0.25) is 5.83 Å². The molecular formula is C11H16FO2Rf-. The van der Waals surface area contributed by atoms with E-state index in [1.165, 1.54) is 0 Å². The van der Waals surface area contributed by atoms with Gasteiger partial charge in [0, 0.05) is 0 Å². The van der Waals surface area contributed by atoms with Gasteiger partial charge in [-0.2, -0.15) is 17.2 Å². The number of halogens is 1. The van der Waals surface area contributed by atoms with Crippen molar-refractivity contribution in [3.8, 4) is 0 Å². The molecule has 0 unspecified atom stereocenters. The van der Waals surface area contributed by atoms with Crippen molar-refractivity contribution in [2.45, 2.75) is 32.1 Å². The number of rotatable bonds is 4. The molecule has 0 saturated heterocycles. The van der Waals surface area contributed by atoms with Crippen LogP contribution in [-0.4, -0.2) is 12.6 Å². The van der Waals surface area contributed by atoms with Gasteiger partial charge in [0.05, 0.1) is 6.61 Å². The van der Waals surface area contributed by atoms with E-state index in [1.54, 1.807) is 0 Å². The van der Waals surface area contributed by atoms with Crippen molar-refractivity contribution in [1.82, 2.24) is 0 Å². The number of hydrogen-bond acceptors (Lipinski definition) is 2. The molecule has 0 aromatic rings. The fourth-order valence-electron chi connectivity index (χ4n) is 1.68. The van der Waals surface area contributed by atoms with Gasteiger partial charge >= 0.3 is 5.97 Å². The molecule has 0 radical (unpaired) electrons. The molecule has 0 atom stereocenters. The zero-order chi connectivity index (χ0) is 10.4. The third-order valence-electron chi connectivity index (χ3n) is 2.54. The van der Waals surface area contributed by atoms with Crippen LogP contribution in [0, 0.1) is 12.3 Å². The van der Waals surface area contributed by atoms with E-state index in [9.17, 15) is 9.18 Å². The van der Waals surface area contributed by atoms with E-state index in [4.69, 9.17) is 0 Å². The molecule has 2 nitrogen and oxygen atoms in total. The summed E-state index contributed by atoms with van der Waals surface area (Å²) < 4.78 is 16.9. The van der Waals surface area contributed by atoms with Gasteiger partial charge in [-0.3, -0.25) is 0 Å². The van der Waals surface area contributed by atoms with Crippen molar-refractivity contribution in [2.75, 3.05) is 6.61 Å². The van der Waals surface area contributed by atoms with Gasteiger partial charge in [-0.25, -0.2) is 4.79 Å². The summed E-state index contributed by atoms with van der Waals surface area (Å²) in [6.07, 6.45) is 7.74. The van der Waals surface area contributed by atoms with E-state index >= 15 is 0 Å². The second-order valence-corrected chi connectivity index (χ2v) is 3.64. The molecule has 0 N–H and O–H groups in total. The summed E-state index contributed by atoms with van der Waals surface area (Å²) in [6.45, 7) is 3.19. The first-order chi connectivity index (χ1) is 6.70. The Bertz CT molecular complexity index is 213. The molecule has 15 heavy (non-hydrogen) atoms. The quantitative estimate of drug-likeness (QED) is 0.362. The maximum Gasteiger partial charge on any atom is 0.366 e. The molecule has 0 amide bonds. The van der Waals surface area contributed by atoms with Crippen LogP contribution >= 0.6 is 0 Å². The summed E-state index contributed by atoms with van der Waals surface area (Å²) in [4.78, 5) is 10.7. The van der Waals surface area contributed by atoms with Gasteiger partial charge in [0.1, 0.15) is 0 Å². The van der Waals surface area contributed by atoms with Crippen LogP contribution in [0.15, 0.2) is 12.4 Å². The Labute approximate surface area is 84.1 Å². The first-order valence-corrected chi connectivity index (χ1v) is 5.03. The van der Waals surface area contributed by atoms with Crippen molar-refractivity contribution < 1.29 is 13.9 Å². The average Bonchev–Trinajstić information content (AvgIpc) is 2.19. The van der Waals surface area contributed by atoms with Crippen LogP contribution in [-0.2, 0) is 9.53 Å². The van der Waals surface area contributed by atoms with Crippen molar-refractivity contribution in [3.63, 3.8) is 0 Å². The molecule has 0 aromatic heterocycles. The molecule has 4 heteroatoms. The van der Waals surface area contributed by atoms with Gasteiger partial charge < -0.3 is 11.2 Å². The molecule has 1 aliphatic rings. The maximum atomic E-state index is 12.2. The van der Waals surface area contributed by atoms with Crippen LogP contribution in [0.2, 0.25) is 0 Å². The third kappa shape index (κ3) is 4.79. The zero-order valence-electron chi connectivity index (χ0n) is 9.01. The molecule has 1 rings (SSSR count). The smallest absolute Gasteiger partial charge is 0.366 e. The summed E-state index contributed by atoms with van der Waals surface area (Å²) in [5.74, 6) is -1.31. The second kappa shape index (κ2) is 6.57. The van der Waals surface area contributed by atoms with Gasteiger partial charge in [-0.05, 0) is 12.3 Å². The minimum Gasteiger partial charge on any atom is -0.460 e. The Balaban J connectivity index is 0.00000196. The number of ether oxygens (including phenoxy) is 1. The van der Waals surface area contributed by atoms with Crippen molar-refractivity contribution in [2.24, 2.45) is 5.92 Å². The van der Waals surface area contributed by atoms with Crippen LogP contribution in [0.1, 0.15) is 32.1 Å². The zero-order valence-corrected chi connectivity index (χ0v) is 15.4. The van der Waals surface area contributed by atoms with Crippen LogP contribution in [0.3, 0.4) is 0 Å². The molecular weight excluding hydrogens is 450 g/mol. The van der Waals surface area contributed by atoms with Crippen LogP contribution < -0.4 is 0 Å². The molecule has 1 fully saturated rings. The standard InChI is InChI=1S/C11H16FO2.Rf/c1-9(12)11(13)14-8-7-10-5-3-2-4-6-10;/h2,10H,1,3-8H2;/q-1;. The monoisotopic (exact) mass is 466 g/mol. The van der Waals surface area contributed by atoms with Crippen LogP contribution in [0.4, 0.5) is 4.39 Å². The summed E-state index contributed by atoms with van der Waals surface area (Å²) in [5.41, 5.74) is 0. The maximum absolute atomic E-state index is 12.2. The van der Waals surface area contributed by atoms with E-state index < -0.39 is 11.8 Å². The molecule has 0 bridgehead atoms. The molecule has 0 aromatic carbocycles. The van der Waals surface area contributed by atoms with Gasteiger partial charge in [-0.15, -0.1) is 0 Å². The van der Waals surface area contributed by atoms with Gasteiger partial charge in [0.15, 0.2) is 0 Å². The van der Waals surface area contributed by atoms with Crippen molar-refractivity contribution in [3.05, 3.63) is 18.8 Å². The summed E-state index contributed by atoms with van der Waals surface area (Å²) >= 11 is 0. The summed E-state index contributed by atoms with van der Waals surface area (Å²) in [6, 6.07) is 0. The number of carbonyl (C=O) groups excluding carboxylic acids is 1. The number of carbonyl (C=O) groups is 1. The Hall–Kier alpha value is -1.86. The van der Waals surface area contributed by atoms with E-state index in [-0.39, 0.29) is 0 Å². The second-order valence-electron chi connectivity index (χ2n) is 3.64. The fourth-order valence-corrected chi connectivity index (χ4v) is 1.68. The topological polar surface area (TPSA) is 26.3 Å². The molecule has 1 saturated carbocycles. The predicted molar refractivity (Wildman–Crippen MR) is 52.1 cm³/mol. The number of esters is 1. The van der Waals surface area contributed by atoms with Gasteiger partial charge in [0.25, 0.3) is 0 Å².